The van der Waals surface area contributed by atoms with E-state index in [-0.39, 0.29) is 6.61 Å². The van der Waals surface area contributed by atoms with Gasteiger partial charge < -0.3 is 15.2 Å². The highest BCUT2D eigenvalue weighted by molar-refractivity contribution is 5.64. The molecule has 4 nitrogen and oxygen atoms in total. The maximum absolute atomic E-state index is 13.0. The van der Waals surface area contributed by atoms with Crippen LogP contribution in [0, 0.1) is 0 Å². The van der Waals surface area contributed by atoms with Crippen molar-refractivity contribution in [2.45, 2.75) is 25.7 Å². The van der Waals surface area contributed by atoms with Gasteiger partial charge in [0.1, 0.15) is 6.17 Å². The second-order valence-electron chi connectivity index (χ2n) is 3.73. The van der Waals surface area contributed by atoms with Crippen molar-refractivity contribution >= 4 is 6.09 Å². The van der Waals surface area contributed by atoms with E-state index in [0.29, 0.717) is 6.61 Å². The van der Waals surface area contributed by atoms with Crippen molar-refractivity contribution in [1.82, 2.24) is 5.32 Å². The molecule has 5 heteroatoms. The third kappa shape index (κ3) is 5.31. The highest BCUT2D eigenvalue weighted by Crippen LogP contribution is 2.04. The molecule has 0 unspecified atom stereocenters. The lowest BCUT2D eigenvalue weighted by atomic mass is 10.2. The van der Waals surface area contributed by atoms with Gasteiger partial charge in [-0.1, -0.05) is 30.3 Å². The van der Waals surface area contributed by atoms with E-state index in [1.807, 2.05) is 30.3 Å². The summed E-state index contributed by atoms with van der Waals surface area (Å²) in [7, 11) is 0. The van der Waals surface area contributed by atoms with Crippen LogP contribution in [0.2, 0.25) is 0 Å². The van der Waals surface area contributed by atoms with Crippen molar-refractivity contribution in [1.29, 1.82) is 0 Å². The monoisotopic (exact) mass is 241 g/mol. The molecule has 0 aliphatic carbocycles. The van der Waals surface area contributed by atoms with Gasteiger partial charge in [0.15, 0.2) is 0 Å². The van der Waals surface area contributed by atoms with Crippen molar-refractivity contribution in [2.75, 3.05) is 6.61 Å². The number of amides is 1. The van der Waals surface area contributed by atoms with Crippen LogP contribution in [0.25, 0.3) is 0 Å². The van der Waals surface area contributed by atoms with Gasteiger partial charge in [0, 0.05) is 0 Å². The van der Waals surface area contributed by atoms with Gasteiger partial charge in [0.25, 0.3) is 0 Å². The third-order valence-corrected chi connectivity index (χ3v) is 2.27. The summed E-state index contributed by atoms with van der Waals surface area (Å²) in [5.74, 6) is 0. The van der Waals surface area contributed by atoms with E-state index in [0.717, 1.165) is 5.56 Å². The summed E-state index contributed by atoms with van der Waals surface area (Å²) in [4.78, 5) is 10.4. The van der Waals surface area contributed by atoms with Crippen molar-refractivity contribution in [3.05, 3.63) is 35.9 Å². The van der Waals surface area contributed by atoms with E-state index in [2.05, 4.69) is 5.32 Å². The molecule has 1 aromatic carbocycles. The molecule has 0 radical (unpaired) electrons. The van der Waals surface area contributed by atoms with Gasteiger partial charge in [-0.2, -0.15) is 0 Å². The van der Waals surface area contributed by atoms with E-state index >= 15 is 0 Å². The smallest absolute Gasteiger partial charge is 0.405 e. The Morgan fingerprint density at radius 3 is 2.65 bits per heavy atom. The predicted molar refractivity (Wildman–Crippen MR) is 61.6 cm³/mol. The minimum absolute atomic E-state index is 0.0128. The Hall–Kier alpha value is -1.62. The SMILES string of the molecule is C[C@@H](F)[C@@H](COCc1ccccc1)NC(=O)O. The molecular formula is C12H16FNO3. The Morgan fingerprint density at radius 2 is 2.12 bits per heavy atom. The largest absolute Gasteiger partial charge is 0.465 e. The van der Waals surface area contributed by atoms with E-state index in [4.69, 9.17) is 9.84 Å². The second kappa shape index (κ2) is 6.85. The highest BCUT2D eigenvalue weighted by atomic mass is 19.1. The number of carbonyl (C=O) groups is 1. The zero-order chi connectivity index (χ0) is 12.7. The summed E-state index contributed by atoms with van der Waals surface area (Å²) in [6.45, 7) is 1.65. The minimum Gasteiger partial charge on any atom is -0.465 e. The Morgan fingerprint density at radius 1 is 1.47 bits per heavy atom. The summed E-state index contributed by atoms with van der Waals surface area (Å²) >= 11 is 0. The molecular weight excluding hydrogens is 225 g/mol. The fraction of sp³-hybridized carbons (Fsp3) is 0.417. The Bertz CT molecular complexity index is 343. The Balaban J connectivity index is 2.35. The maximum Gasteiger partial charge on any atom is 0.405 e. The molecule has 1 amide bonds. The molecule has 0 aliphatic heterocycles. The molecule has 0 bridgehead atoms. The minimum atomic E-state index is -1.29. The molecule has 0 heterocycles. The van der Waals surface area contributed by atoms with Crippen molar-refractivity contribution in [3.8, 4) is 0 Å². The zero-order valence-electron chi connectivity index (χ0n) is 9.60. The number of hydrogen-bond acceptors (Lipinski definition) is 2. The van der Waals surface area contributed by atoms with Gasteiger partial charge in [-0.05, 0) is 12.5 Å². The molecule has 0 aliphatic rings. The van der Waals surface area contributed by atoms with E-state index in [9.17, 15) is 9.18 Å². The first kappa shape index (κ1) is 13.4. The van der Waals surface area contributed by atoms with Gasteiger partial charge >= 0.3 is 6.09 Å². The molecule has 2 atom stereocenters. The zero-order valence-corrected chi connectivity index (χ0v) is 9.60. The molecule has 1 rings (SSSR count). The van der Waals surface area contributed by atoms with Crippen molar-refractivity contribution in [2.24, 2.45) is 0 Å². The fourth-order valence-electron chi connectivity index (χ4n) is 1.33. The summed E-state index contributed by atoms with van der Waals surface area (Å²) in [6.07, 6.45) is -2.54. The van der Waals surface area contributed by atoms with Crippen LogP contribution < -0.4 is 5.32 Å². The third-order valence-electron chi connectivity index (χ3n) is 2.27. The number of hydrogen-bond donors (Lipinski definition) is 2. The van der Waals surface area contributed by atoms with Crippen LogP contribution in [-0.4, -0.2) is 30.0 Å². The van der Waals surface area contributed by atoms with Crippen molar-refractivity contribution < 1.29 is 19.0 Å². The van der Waals surface area contributed by atoms with Crippen LogP contribution >= 0.6 is 0 Å². The quantitative estimate of drug-likeness (QED) is 0.802. The van der Waals surface area contributed by atoms with Crippen LogP contribution in [0.15, 0.2) is 30.3 Å². The number of alkyl halides is 1. The Labute approximate surface area is 99.4 Å². The average molecular weight is 241 g/mol. The van der Waals surface area contributed by atoms with Crippen molar-refractivity contribution in [3.63, 3.8) is 0 Å². The molecule has 1 aromatic rings. The molecule has 0 aromatic heterocycles. The number of carboxylic acid groups (broad SMARTS) is 1. The first-order chi connectivity index (χ1) is 8.09. The lowest BCUT2D eigenvalue weighted by Crippen LogP contribution is -2.43. The molecule has 17 heavy (non-hydrogen) atoms. The predicted octanol–water partition coefficient (Wildman–Crippen LogP) is 2.20. The number of benzene rings is 1. The van der Waals surface area contributed by atoms with E-state index in [1.165, 1.54) is 6.92 Å². The summed E-state index contributed by atoms with van der Waals surface area (Å²) in [5.41, 5.74) is 0.966. The molecule has 0 saturated heterocycles. The lowest BCUT2D eigenvalue weighted by molar-refractivity contribution is 0.0739. The lowest BCUT2D eigenvalue weighted by Gasteiger charge is -2.18. The Kier molecular flexibility index (Phi) is 5.42. The summed E-state index contributed by atoms with van der Waals surface area (Å²) < 4.78 is 18.3. The van der Waals surface area contributed by atoms with Crippen LogP contribution in [0.5, 0.6) is 0 Å². The van der Waals surface area contributed by atoms with Gasteiger partial charge in [-0.3, -0.25) is 0 Å². The van der Waals surface area contributed by atoms with Crippen LogP contribution in [-0.2, 0) is 11.3 Å². The normalized spacial score (nSPS) is 14.0. The topological polar surface area (TPSA) is 58.6 Å². The number of nitrogens with one attached hydrogen (secondary N) is 1. The average Bonchev–Trinajstić information content (AvgIpc) is 2.28. The summed E-state index contributed by atoms with van der Waals surface area (Å²) in [6, 6.07) is 8.59. The van der Waals surface area contributed by atoms with Crippen LogP contribution in [0.3, 0.4) is 0 Å². The highest BCUT2D eigenvalue weighted by Gasteiger charge is 2.18. The maximum atomic E-state index is 13.0. The number of rotatable bonds is 6. The van der Waals surface area contributed by atoms with Gasteiger partial charge in [0.2, 0.25) is 0 Å². The van der Waals surface area contributed by atoms with Gasteiger partial charge in [0.05, 0.1) is 19.3 Å². The standard InChI is InChI=1S/C12H16FNO3/c1-9(13)11(14-12(15)16)8-17-7-10-5-3-2-4-6-10/h2-6,9,11,14H,7-8H2,1H3,(H,15,16)/t9-,11-/m1/s1. The van der Waals surface area contributed by atoms with E-state index < -0.39 is 18.3 Å². The summed E-state index contributed by atoms with van der Waals surface area (Å²) in [5, 5.41) is 10.6. The fourth-order valence-corrected chi connectivity index (χ4v) is 1.33. The van der Waals surface area contributed by atoms with Crippen LogP contribution in [0.4, 0.5) is 9.18 Å². The van der Waals surface area contributed by atoms with Crippen LogP contribution in [0.1, 0.15) is 12.5 Å². The number of halogens is 1. The molecule has 0 fully saturated rings. The first-order valence-corrected chi connectivity index (χ1v) is 5.35. The number of ether oxygens (including phenoxy) is 1. The molecule has 0 spiro atoms. The van der Waals surface area contributed by atoms with Gasteiger partial charge in [-0.15, -0.1) is 0 Å². The van der Waals surface area contributed by atoms with Gasteiger partial charge in [-0.25, -0.2) is 9.18 Å². The van der Waals surface area contributed by atoms with E-state index in [1.54, 1.807) is 0 Å². The second-order valence-corrected chi connectivity index (χ2v) is 3.73. The molecule has 2 N–H and O–H groups in total. The molecule has 94 valence electrons. The first-order valence-electron chi connectivity index (χ1n) is 5.35. The molecule has 0 saturated carbocycles.